The van der Waals surface area contributed by atoms with Crippen LogP contribution in [-0.2, 0) is 4.74 Å². The number of H-pyrrole nitrogens is 1. The fourth-order valence-electron chi connectivity index (χ4n) is 1.32. The second-order valence-electron chi connectivity index (χ2n) is 2.84. The smallest absolute Gasteiger partial charge is 0.341 e. The second kappa shape index (κ2) is 3.83. The lowest BCUT2D eigenvalue weighted by Crippen LogP contribution is -2.03. The van der Waals surface area contributed by atoms with Crippen molar-refractivity contribution >= 4 is 44.5 Å². The molecule has 0 radical (unpaired) electrons. The number of aromatic amines is 1. The number of halogens is 2. The first-order chi connectivity index (χ1) is 7.13. The summed E-state index contributed by atoms with van der Waals surface area (Å²) in [6.45, 7) is 0. The number of nitrogens with one attached hydrogen (secondary N) is 1. The highest BCUT2D eigenvalue weighted by Crippen LogP contribution is 2.26. The van der Waals surface area contributed by atoms with Gasteiger partial charge in [0.15, 0.2) is 4.73 Å². The van der Waals surface area contributed by atoms with Crippen molar-refractivity contribution < 1.29 is 9.53 Å². The molecule has 0 saturated heterocycles. The maximum atomic E-state index is 11.5. The Hall–Kier alpha value is -1.07. The zero-order chi connectivity index (χ0) is 11.0. The molecule has 0 aliphatic rings. The van der Waals surface area contributed by atoms with Crippen molar-refractivity contribution in [3.05, 3.63) is 27.5 Å². The van der Waals surface area contributed by atoms with E-state index in [1.165, 1.54) is 7.11 Å². The summed E-state index contributed by atoms with van der Waals surface area (Å²) in [7, 11) is 1.30. The number of ether oxygens (including phenoxy) is 1. The van der Waals surface area contributed by atoms with Gasteiger partial charge in [-0.1, -0.05) is 11.6 Å². The average molecular weight is 290 g/mol. The minimum Gasteiger partial charge on any atom is -0.465 e. The number of carbonyl (C=O) groups excluding carboxylic acids is 1. The Morgan fingerprint density at radius 1 is 1.60 bits per heavy atom. The largest absolute Gasteiger partial charge is 0.465 e. The van der Waals surface area contributed by atoms with Gasteiger partial charge in [0, 0.05) is 0 Å². The van der Waals surface area contributed by atoms with Crippen LogP contribution in [-0.4, -0.2) is 23.0 Å². The van der Waals surface area contributed by atoms with Crippen molar-refractivity contribution in [2.75, 3.05) is 7.11 Å². The molecule has 0 bridgehead atoms. The summed E-state index contributed by atoms with van der Waals surface area (Å²) in [5, 5.41) is 0.327. The van der Waals surface area contributed by atoms with Crippen molar-refractivity contribution in [2.24, 2.45) is 0 Å². The number of esters is 1. The van der Waals surface area contributed by atoms with E-state index in [0.717, 1.165) is 5.52 Å². The molecule has 0 saturated carbocycles. The first-order valence-electron chi connectivity index (χ1n) is 4.05. The zero-order valence-corrected chi connectivity index (χ0v) is 10.0. The first-order valence-corrected chi connectivity index (χ1v) is 5.22. The van der Waals surface area contributed by atoms with Gasteiger partial charge in [0.25, 0.3) is 0 Å². The van der Waals surface area contributed by atoms with Crippen LogP contribution in [0, 0.1) is 0 Å². The summed E-state index contributed by atoms with van der Waals surface area (Å²) >= 11 is 9.11. The Balaban J connectivity index is 2.78. The van der Waals surface area contributed by atoms with Crippen LogP contribution in [0.2, 0.25) is 5.02 Å². The molecule has 1 heterocycles. The molecule has 1 aromatic heterocycles. The molecule has 1 N–H and O–H groups in total. The van der Waals surface area contributed by atoms with E-state index >= 15 is 0 Å². The number of hydrogen-bond acceptors (Lipinski definition) is 3. The van der Waals surface area contributed by atoms with Crippen LogP contribution >= 0.6 is 27.5 Å². The van der Waals surface area contributed by atoms with E-state index < -0.39 is 5.97 Å². The van der Waals surface area contributed by atoms with E-state index in [9.17, 15) is 4.79 Å². The number of benzene rings is 1. The fourth-order valence-corrected chi connectivity index (χ4v) is 1.94. The topological polar surface area (TPSA) is 55.0 Å². The molecule has 0 amide bonds. The molecule has 4 nitrogen and oxygen atoms in total. The van der Waals surface area contributed by atoms with Gasteiger partial charge in [-0.3, -0.25) is 0 Å². The summed E-state index contributed by atoms with van der Waals surface area (Å²) in [4.78, 5) is 18.5. The van der Waals surface area contributed by atoms with E-state index in [4.69, 9.17) is 11.6 Å². The van der Waals surface area contributed by atoms with E-state index in [2.05, 4.69) is 30.6 Å². The molecule has 15 heavy (non-hydrogen) atoms. The van der Waals surface area contributed by atoms with Gasteiger partial charge in [-0.2, -0.15) is 0 Å². The van der Waals surface area contributed by atoms with Crippen molar-refractivity contribution in [3.8, 4) is 0 Å². The Kier molecular flexibility index (Phi) is 2.67. The highest BCUT2D eigenvalue weighted by Gasteiger charge is 2.17. The SMILES string of the molecule is COC(=O)c1c(Cl)ccc2[nH]c(Br)nc12. The molecule has 78 valence electrons. The first kappa shape index (κ1) is 10.4. The third-order valence-electron chi connectivity index (χ3n) is 1.96. The van der Waals surface area contributed by atoms with Gasteiger partial charge in [0.2, 0.25) is 0 Å². The van der Waals surface area contributed by atoms with Crippen LogP contribution in [0.3, 0.4) is 0 Å². The lowest BCUT2D eigenvalue weighted by atomic mass is 10.2. The van der Waals surface area contributed by atoms with E-state index in [0.29, 0.717) is 15.3 Å². The monoisotopic (exact) mass is 288 g/mol. The zero-order valence-electron chi connectivity index (χ0n) is 7.67. The number of hydrogen-bond donors (Lipinski definition) is 1. The molecule has 0 unspecified atom stereocenters. The summed E-state index contributed by atoms with van der Waals surface area (Å²) in [5.74, 6) is -0.496. The molecular formula is C9H6BrClN2O2. The predicted octanol–water partition coefficient (Wildman–Crippen LogP) is 2.77. The summed E-state index contributed by atoms with van der Waals surface area (Å²) in [6, 6.07) is 3.38. The van der Waals surface area contributed by atoms with Crippen LogP contribution in [0.5, 0.6) is 0 Å². The minimum absolute atomic E-state index is 0.276. The molecule has 6 heteroatoms. The second-order valence-corrected chi connectivity index (χ2v) is 4.00. The predicted molar refractivity (Wildman–Crippen MR) is 60.1 cm³/mol. The average Bonchev–Trinajstić information content (AvgIpc) is 2.57. The molecule has 2 rings (SSSR count). The number of carbonyl (C=O) groups is 1. The van der Waals surface area contributed by atoms with Crippen LogP contribution < -0.4 is 0 Å². The van der Waals surface area contributed by atoms with E-state index in [1.54, 1.807) is 12.1 Å². The maximum Gasteiger partial charge on any atom is 0.341 e. The molecule has 2 aromatic rings. The molecule has 0 atom stereocenters. The number of fused-ring (bicyclic) bond motifs is 1. The van der Waals surface area contributed by atoms with Gasteiger partial charge in [0.05, 0.1) is 17.6 Å². The van der Waals surface area contributed by atoms with Gasteiger partial charge in [-0.25, -0.2) is 9.78 Å². The Bertz CT molecular complexity index is 538. The summed E-state index contributed by atoms with van der Waals surface area (Å²) < 4.78 is 5.19. The Morgan fingerprint density at radius 2 is 2.33 bits per heavy atom. The van der Waals surface area contributed by atoms with Gasteiger partial charge in [-0.05, 0) is 28.1 Å². The number of rotatable bonds is 1. The molecule has 0 spiro atoms. The summed E-state index contributed by atoms with van der Waals surface area (Å²) in [6.07, 6.45) is 0. The van der Waals surface area contributed by atoms with Crippen molar-refractivity contribution in [3.63, 3.8) is 0 Å². The standard InChI is InChI=1S/C9H6BrClN2O2/c1-15-8(14)6-4(11)2-3-5-7(6)13-9(10)12-5/h2-3H,1H3,(H,12,13). The highest BCUT2D eigenvalue weighted by molar-refractivity contribution is 9.10. The van der Waals surface area contributed by atoms with Crippen molar-refractivity contribution in [1.29, 1.82) is 0 Å². The molecule has 0 aliphatic heterocycles. The third-order valence-corrected chi connectivity index (χ3v) is 2.65. The Labute approximate surface area is 98.7 Å². The van der Waals surface area contributed by atoms with E-state index in [-0.39, 0.29) is 5.56 Å². The van der Waals surface area contributed by atoms with Gasteiger partial charge >= 0.3 is 5.97 Å². The van der Waals surface area contributed by atoms with Gasteiger partial charge in [-0.15, -0.1) is 0 Å². The molecule has 1 aromatic carbocycles. The number of imidazole rings is 1. The van der Waals surface area contributed by atoms with Crippen LogP contribution in [0.1, 0.15) is 10.4 Å². The number of aromatic nitrogens is 2. The third kappa shape index (κ3) is 1.72. The van der Waals surface area contributed by atoms with Crippen LogP contribution in [0.25, 0.3) is 11.0 Å². The quantitative estimate of drug-likeness (QED) is 0.821. The maximum absolute atomic E-state index is 11.5. The highest BCUT2D eigenvalue weighted by atomic mass is 79.9. The lowest BCUT2D eigenvalue weighted by molar-refractivity contribution is 0.0603. The van der Waals surface area contributed by atoms with Crippen molar-refractivity contribution in [1.82, 2.24) is 9.97 Å². The minimum atomic E-state index is -0.496. The Morgan fingerprint density at radius 3 is 3.00 bits per heavy atom. The number of methoxy groups -OCH3 is 1. The molecule has 0 aliphatic carbocycles. The number of nitrogens with zero attached hydrogens (tertiary/aromatic N) is 1. The van der Waals surface area contributed by atoms with Gasteiger partial charge < -0.3 is 9.72 Å². The van der Waals surface area contributed by atoms with Crippen LogP contribution in [0.4, 0.5) is 0 Å². The van der Waals surface area contributed by atoms with Crippen molar-refractivity contribution in [2.45, 2.75) is 0 Å². The lowest BCUT2D eigenvalue weighted by Gasteiger charge is -2.01. The fraction of sp³-hybridized carbons (Fsp3) is 0.111. The van der Waals surface area contributed by atoms with Gasteiger partial charge in [0.1, 0.15) is 11.1 Å². The molecular weight excluding hydrogens is 283 g/mol. The van der Waals surface area contributed by atoms with Crippen LogP contribution in [0.15, 0.2) is 16.9 Å². The van der Waals surface area contributed by atoms with E-state index in [1.807, 2.05) is 0 Å². The summed E-state index contributed by atoms with van der Waals surface area (Å²) in [5.41, 5.74) is 1.51. The molecule has 0 fully saturated rings. The normalized spacial score (nSPS) is 10.6.